The summed E-state index contributed by atoms with van der Waals surface area (Å²) in [5.41, 5.74) is 0.641. The van der Waals surface area contributed by atoms with Crippen molar-refractivity contribution in [3.63, 3.8) is 0 Å². The minimum absolute atomic E-state index is 0.180. The summed E-state index contributed by atoms with van der Waals surface area (Å²) in [5, 5.41) is 0. The zero-order chi connectivity index (χ0) is 18.9. The number of fused-ring (bicyclic) bond motifs is 1. The van der Waals surface area contributed by atoms with E-state index < -0.39 is 24.3 Å². The van der Waals surface area contributed by atoms with Crippen LogP contribution in [0.4, 0.5) is 13.2 Å². The van der Waals surface area contributed by atoms with Crippen molar-refractivity contribution in [3.05, 3.63) is 53.9 Å². The van der Waals surface area contributed by atoms with Gasteiger partial charge >= 0.3 is 6.18 Å². The summed E-state index contributed by atoms with van der Waals surface area (Å²) in [7, 11) is 2.86. The molecule has 0 aliphatic carbocycles. The van der Waals surface area contributed by atoms with E-state index in [4.69, 9.17) is 9.47 Å². The van der Waals surface area contributed by atoms with Gasteiger partial charge in [-0.1, -0.05) is 12.1 Å². The number of carbonyl (C=O) groups excluding carboxylic acids is 1. The number of ether oxygens (including phenoxy) is 2. The van der Waals surface area contributed by atoms with Crippen LogP contribution in [0.25, 0.3) is 11.0 Å². The van der Waals surface area contributed by atoms with Gasteiger partial charge in [0, 0.05) is 5.56 Å². The maximum absolute atomic E-state index is 13.3. The van der Waals surface area contributed by atoms with Crippen LogP contribution in [0.5, 0.6) is 11.5 Å². The molecule has 0 radical (unpaired) electrons. The number of halogens is 3. The van der Waals surface area contributed by atoms with Gasteiger partial charge in [0.2, 0.25) is 5.82 Å². The van der Waals surface area contributed by atoms with Gasteiger partial charge in [0.1, 0.15) is 0 Å². The number of hydrogen-bond acceptors (Lipinski definition) is 4. The fourth-order valence-electron chi connectivity index (χ4n) is 2.70. The molecule has 0 fully saturated rings. The molecule has 0 atom stereocenters. The zero-order valence-electron chi connectivity index (χ0n) is 14.0. The van der Waals surface area contributed by atoms with E-state index in [1.807, 2.05) is 0 Å². The lowest BCUT2D eigenvalue weighted by atomic mass is 10.1. The maximum atomic E-state index is 13.3. The second-order valence-corrected chi connectivity index (χ2v) is 5.50. The number of ketones is 1. The second-order valence-electron chi connectivity index (χ2n) is 5.50. The Morgan fingerprint density at radius 3 is 2.42 bits per heavy atom. The van der Waals surface area contributed by atoms with Gasteiger partial charge in [-0.25, -0.2) is 4.98 Å². The lowest BCUT2D eigenvalue weighted by Gasteiger charge is -2.12. The van der Waals surface area contributed by atoms with E-state index in [1.165, 1.54) is 44.6 Å². The predicted molar refractivity (Wildman–Crippen MR) is 88.6 cm³/mol. The van der Waals surface area contributed by atoms with E-state index in [0.717, 1.165) is 4.57 Å². The summed E-state index contributed by atoms with van der Waals surface area (Å²) in [6, 6.07) is 10.6. The predicted octanol–water partition coefficient (Wildman–Crippen LogP) is 3.96. The minimum atomic E-state index is -4.67. The van der Waals surface area contributed by atoms with Crippen molar-refractivity contribution in [1.82, 2.24) is 9.55 Å². The molecular formula is C18H15F3N2O3. The standard InChI is InChI=1S/C18H15F3N2O3/c1-25-15-8-7-11(9-16(15)26-2)14(24)10-23-13-6-4-3-5-12(13)22-17(23)18(19,20)21/h3-9H,10H2,1-2H3. The molecule has 0 bridgehead atoms. The highest BCUT2D eigenvalue weighted by molar-refractivity contribution is 5.97. The quantitative estimate of drug-likeness (QED) is 0.643. The van der Waals surface area contributed by atoms with Crippen molar-refractivity contribution in [3.8, 4) is 11.5 Å². The number of aromatic nitrogens is 2. The second kappa shape index (κ2) is 6.70. The third-order valence-electron chi connectivity index (χ3n) is 3.92. The molecular weight excluding hydrogens is 349 g/mol. The first-order valence-corrected chi connectivity index (χ1v) is 7.63. The Morgan fingerprint density at radius 1 is 1.08 bits per heavy atom. The average Bonchev–Trinajstić information content (AvgIpc) is 3.00. The fraction of sp³-hybridized carbons (Fsp3) is 0.222. The van der Waals surface area contributed by atoms with Gasteiger partial charge in [-0.05, 0) is 30.3 Å². The highest BCUT2D eigenvalue weighted by atomic mass is 19.4. The molecule has 0 amide bonds. The number of hydrogen-bond donors (Lipinski definition) is 0. The summed E-state index contributed by atoms with van der Waals surface area (Å²) >= 11 is 0. The van der Waals surface area contributed by atoms with Gasteiger partial charge in [0.15, 0.2) is 17.3 Å². The van der Waals surface area contributed by atoms with Crippen LogP contribution < -0.4 is 9.47 Å². The number of nitrogens with zero attached hydrogens (tertiary/aromatic N) is 2. The fourth-order valence-corrected chi connectivity index (χ4v) is 2.70. The van der Waals surface area contributed by atoms with Crippen LogP contribution in [0, 0.1) is 0 Å². The van der Waals surface area contributed by atoms with Crippen molar-refractivity contribution < 1.29 is 27.4 Å². The average molecular weight is 364 g/mol. The molecule has 8 heteroatoms. The first-order valence-electron chi connectivity index (χ1n) is 7.63. The van der Waals surface area contributed by atoms with Crippen LogP contribution in [0.3, 0.4) is 0 Å². The van der Waals surface area contributed by atoms with Crippen LogP contribution in [0.15, 0.2) is 42.5 Å². The zero-order valence-corrected chi connectivity index (χ0v) is 14.0. The molecule has 0 aliphatic heterocycles. The molecule has 0 unspecified atom stereocenters. The molecule has 0 N–H and O–H groups in total. The molecule has 136 valence electrons. The van der Waals surface area contributed by atoms with Gasteiger partial charge < -0.3 is 14.0 Å². The third kappa shape index (κ3) is 3.22. The Morgan fingerprint density at radius 2 is 1.77 bits per heavy atom. The summed E-state index contributed by atoms with van der Waals surface area (Å²) < 4.78 is 51.1. The number of imidazole rings is 1. The molecule has 2 aromatic carbocycles. The van der Waals surface area contributed by atoms with Crippen LogP contribution in [0.1, 0.15) is 16.2 Å². The van der Waals surface area contributed by atoms with Crippen molar-refractivity contribution in [2.24, 2.45) is 0 Å². The number of rotatable bonds is 5. The highest BCUT2D eigenvalue weighted by Gasteiger charge is 2.38. The smallest absolute Gasteiger partial charge is 0.449 e. The summed E-state index contributed by atoms with van der Waals surface area (Å²) in [6.45, 7) is -0.495. The molecule has 1 heterocycles. The first kappa shape index (κ1) is 17.8. The molecule has 5 nitrogen and oxygen atoms in total. The summed E-state index contributed by atoms with van der Waals surface area (Å²) in [6.07, 6.45) is -4.67. The molecule has 0 aliphatic rings. The summed E-state index contributed by atoms with van der Waals surface area (Å²) in [5.74, 6) is -0.856. The van der Waals surface area contributed by atoms with Crippen LogP contribution in [-0.4, -0.2) is 29.6 Å². The normalized spacial score (nSPS) is 11.6. The van der Waals surface area contributed by atoms with Crippen molar-refractivity contribution in [2.45, 2.75) is 12.7 Å². The topological polar surface area (TPSA) is 53.4 Å². The van der Waals surface area contributed by atoms with Gasteiger partial charge in [-0.3, -0.25) is 4.79 Å². The minimum Gasteiger partial charge on any atom is -0.493 e. The SMILES string of the molecule is COc1ccc(C(=O)Cn2c(C(F)(F)F)nc3ccccc32)cc1OC. The van der Waals surface area contributed by atoms with Crippen LogP contribution >= 0.6 is 0 Å². The van der Waals surface area contributed by atoms with Gasteiger partial charge in [0.25, 0.3) is 0 Å². The Labute approximate surface area is 147 Å². The maximum Gasteiger partial charge on any atom is 0.449 e. The van der Waals surface area contributed by atoms with Crippen molar-refractivity contribution in [2.75, 3.05) is 14.2 Å². The molecule has 3 aromatic rings. The highest BCUT2D eigenvalue weighted by Crippen LogP contribution is 2.32. The lowest BCUT2D eigenvalue weighted by molar-refractivity contribution is -0.146. The molecule has 26 heavy (non-hydrogen) atoms. The van der Waals surface area contributed by atoms with E-state index in [1.54, 1.807) is 12.1 Å². The molecule has 1 aromatic heterocycles. The Balaban J connectivity index is 2.02. The number of methoxy groups -OCH3 is 2. The third-order valence-corrected chi connectivity index (χ3v) is 3.92. The van der Waals surface area contributed by atoms with Gasteiger partial charge in [-0.2, -0.15) is 13.2 Å². The Kier molecular flexibility index (Phi) is 4.58. The number of carbonyl (C=O) groups is 1. The van der Waals surface area contributed by atoms with Gasteiger partial charge in [0.05, 0.1) is 31.8 Å². The largest absolute Gasteiger partial charge is 0.493 e. The van der Waals surface area contributed by atoms with Crippen molar-refractivity contribution >= 4 is 16.8 Å². The van der Waals surface area contributed by atoms with E-state index in [-0.39, 0.29) is 16.6 Å². The summed E-state index contributed by atoms with van der Waals surface area (Å²) in [4.78, 5) is 16.2. The van der Waals surface area contributed by atoms with E-state index in [0.29, 0.717) is 11.5 Å². The number of alkyl halides is 3. The molecule has 3 rings (SSSR count). The van der Waals surface area contributed by atoms with E-state index in [2.05, 4.69) is 4.98 Å². The van der Waals surface area contributed by atoms with Crippen LogP contribution in [-0.2, 0) is 12.7 Å². The van der Waals surface area contributed by atoms with Crippen molar-refractivity contribution in [1.29, 1.82) is 0 Å². The Bertz CT molecular complexity index is 964. The number of Topliss-reactive ketones (excluding diaryl/α,β-unsaturated/α-hetero) is 1. The van der Waals surface area contributed by atoms with Crippen LogP contribution in [0.2, 0.25) is 0 Å². The Hall–Kier alpha value is -3.03. The van der Waals surface area contributed by atoms with E-state index in [9.17, 15) is 18.0 Å². The molecule has 0 saturated heterocycles. The first-order chi connectivity index (χ1) is 12.3. The number of para-hydroxylation sites is 2. The lowest BCUT2D eigenvalue weighted by Crippen LogP contribution is -2.19. The monoisotopic (exact) mass is 364 g/mol. The number of benzene rings is 2. The van der Waals surface area contributed by atoms with E-state index >= 15 is 0 Å². The molecule has 0 spiro atoms. The van der Waals surface area contributed by atoms with Gasteiger partial charge in [-0.15, -0.1) is 0 Å². The molecule has 0 saturated carbocycles.